The molecular weight excluding hydrogens is 653 g/mol. The standard InChI is InChI=1S/C40H76NO8P/c1-3-5-7-9-11-13-15-17-18-19-20-21-23-25-27-29-31-33-40(44)47-36-38(42)37-49-50(45,46)48-35-34-41-39(43)32-30-28-26-24-22-16-14-12-10-8-6-4-2/h12,14,17-18,38,42H,3-11,13,15-16,19-37H2,1-2H3,(H,41,43)(H,45,46)/b14-12-,18-17-. The number of unbranched alkanes of at least 4 members (excludes halogenated alkanes) is 21. The van der Waals surface area contributed by atoms with Crippen LogP contribution in [0.1, 0.15) is 187 Å². The molecule has 0 bridgehead atoms. The average Bonchev–Trinajstić information content (AvgIpc) is 3.10. The molecule has 10 heteroatoms. The third-order valence-electron chi connectivity index (χ3n) is 8.60. The van der Waals surface area contributed by atoms with Gasteiger partial charge in [0, 0.05) is 19.4 Å². The third-order valence-corrected chi connectivity index (χ3v) is 9.59. The maximum atomic E-state index is 12.1. The van der Waals surface area contributed by atoms with Gasteiger partial charge in [0.05, 0.1) is 13.2 Å². The topological polar surface area (TPSA) is 131 Å². The van der Waals surface area contributed by atoms with Gasteiger partial charge in [0.25, 0.3) is 0 Å². The maximum Gasteiger partial charge on any atom is 0.472 e. The highest BCUT2D eigenvalue weighted by molar-refractivity contribution is 7.47. The summed E-state index contributed by atoms with van der Waals surface area (Å²) in [7, 11) is -4.41. The predicted octanol–water partition coefficient (Wildman–Crippen LogP) is 10.8. The number of carbonyl (C=O) groups excluding carboxylic acids is 2. The van der Waals surface area contributed by atoms with Gasteiger partial charge in [0.1, 0.15) is 12.7 Å². The van der Waals surface area contributed by atoms with Crippen molar-refractivity contribution in [3.8, 4) is 0 Å². The highest BCUT2D eigenvalue weighted by Gasteiger charge is 2.23. The SMILES string of the molecule is CCCCC/C=C\CCCCCCCC(=O)NCCOP(=O)(O)OCC(O)COC(=O)CCCCCCCCC/C=C\CCCCCCCC. The number of allylic oxidation sites excluding steroid dienone is 4. The first-order valence-electron chi connectivity index (χ1n) is 20.3. The van der Waals surface area contributed by atoms with E-state index in [0.29, 0.717) is 6.42 Å². The fourth-order valence-electron chi connectivity index (χ4n) is 5.49. The fourth-order valence-corrected chi connectivity index (χ4v) is 6.24. The number of aliphatic hydroxyl groups is 1. The van der Waals surface area contributed by atoms with E-state index in [1.54, 1.807) is 0 Å². The lowest BCUT2D eigenvalue weighted by atomic mass is 10.1. The molecule has 3 N–H and O–H groups in total. The van der Waals surface area contributed by atoms with Crippen LogP contribution in [-0.4, -0.2) is 54.3 Å². The quantitative estimate of drug-likeness (QED) is 0.0248. The Bertz CT molecular complexity index is 881. The fraction of sp³-hybridized carbons (Fsp3) is 0.850. The van der Waals surface area contributed by atoms with Gasteiger partial charge in [-0.05, 0) is 64.2 Å². The Labute approximate surface area is 306 Å². The van der Waals surface area contributed by atoms with Crippen molar-refractivity contribution in [1.29, 1.82) is 0 Å². The molecule has 0 aromatic carbocycles. The van der Waals surface area contributed by atoms with Gasteiger partial charge in [-0.1, -0.05) is 134 Å². The zero-order chi connectivity index (χ0) is 36.8. The van der Waals surface area contributed by atoms with Crippen molar-refractivity contribution in [2.75, 3.05) is 26.4 Å². The van der Waals surface area contributed by atoms with Crippen molar-refractivity contribution in [2.24, 2.45) is 0 Å². The third kappa shape index (κ3) is 37.7. The lowest BCUT2D eigenvalue weighted by Gasteiger charge is -2.15. The molecule has 50 heavy (non-hydrogen) atoms. The minimum absolute atomic E-state index is 0.0779. The van der Waals surface area contributed by atoms with Crippen LogP contribution < -0.4 is 5.32 Å². The molecule has 0 aliphatic heterocycles. The second-order valence-corrected chi connectivity index (χ2v) is 15.1. The summed E-state index contributed by atoms with van der Waals surface area (Å²) in [6.45, 7) is 3.51. The molecule has 0 radical (unpaired) electrons. The molecule has 0 saturated heterocycles. The van der Waals surface area contributed by atoms with Crippen LogP contribution in [-0.2, 0) is 27.9 Å². The van der Waals surface area contributed by atoms with Gasteiger partial charge >= 0.3 is 13.8 Å². The smallest absolute Gasteiger partial charge is 0.463 e. The largest absolute Gasteiger partial charge is 0.472 e. The van der Waals surface area contributed by atoms with E-state index in [-0.39, 0.29) is 32.1 Å². The van der Waals surface area contributed by atoms with E-state index in [4.69, 9.17) is 13.8 Å². The highest BCUT2D eigenvalue weighted by Crippen LogP contribution is 2.42. The van der Waals surface area contributed by atoms with Crippen molar-refractivity contribution < 1.29 is 37.9 Å². The van der Waals surface area contributed by atoms with E-state index < -0.39 is 26.5 Å². The number of esters is 1. The number of phosphoric ester groups is 1. The minimum Gasteiger partial charge on any atom is -0.463 e. The molecular formula is C40H76NO8P. The number of ether oxygens (including phenoxy) is 1. The molecule has 0 heterocycles. The van der Waals surface area contributed by atoms with Gasteiger partial charge in [-0.2, -0.15) is 0 Å². The molecule has 9 nitrogen and oxygen atoms in total. The second kappa shape index (κ2) is 37.3. The van der Waals surface area contributed by atoms with Crippen molar-refractivity contribution in [3.05, 3.63) is 24.3 Å². The lowest BCUT2D eigenvalue weighted by Crippen LogP contribution is -2.27. The van der Waals surface area contributed by atoms with Crippen LogP contribution in [0.2, 0.25) is 0 Å². The van der Waals surface area contributed by atoms with Crippen molar-refractivity contribution >= 4 is 19.7 Å². The summed E-state index contributed by atoms with van der Waals surface area (Å²) >= 11 is 0. The number of carbonyl (C=O) groups is 2. The zero-order valence-electron chi connectivity index (χ0n) is 32.1. The predicted molar refractivity (Wildman–Crippen MR) is 206 cm³/mol. The molecule has 0 spiro atoms. The number of rotatable bonds is 38. The molecule has 1 amide bonds. The van der Waals surface area contributed by atoms with Crippen molar-refractivity contribution in [3.63, 3.8) is 0 Å². The van der Waals surface area contributed by atoms with Crippen molar-refractivity contribution in [1.82, 2.24) is 5.32 Å². The Balaban J connectivity index is 3.61. The molecule has 0 aromatic rings. The Kier molecular flexibility index (Phi) is 36.1. The van der Waals surface area contributed by atoms with Crippen LogP contribution in [0.15, 0.2) is 24.3 Å². The van der Waals surface area contributed by atoms with E-state index >= 15 is 0 Å². The molecule has 2 atom stereocenters. The highest BCUT2D eigenvalue weighted by atomic mass is 31.2. The summed E-state index contributed by atoms with van der Waals surface area (Å²) < 4.78 is 26.8. The molecule has 0 saturated carbocycles. The van der Waals surface area contributed by atoms with Crippen LogP contribution in [0.5, 0.6) is 0 Å². The Hall–Kier alpha value is -1.51. The summed E-state index contributed by atoms with van der Waals surface area (Å²) in [5.41, 5.74) is 0. The van der Waals surface area contributed by atoms with E-state index in [1.807, 2.05) is 0 Å². The summed E-state index contributed by atoms with van der Waals surface area (Å²) in [6.07, 6.45) is 38.2. The van der Waals surface area contributed by atoms with Crippen LogP contribution in [0.25, 0.3) is 0 Å². The van der Waals surface area contributed by atoms with Gasteiger partial charge in [-0.15, -0.1) is 0 Å². The Morgan fingerprint density at radius 3 is 1.54 bits per heavy atom. The Morgan fingerprint density at radius 2 is 1.02 bits per heavy atom. The zero-order valence-corrected chi connectivity index (χ0v) is 33.0. The first kappa shape index (κ1) is 48.5. The van der Waals surface area contributed by atoms with Crippen LogP contribution >= 0.6 is 7.82 Å². The van der Waals surface area contributed by atoms with Gasteiger partial charge in [-0.25, -0.2) is 4.57 Å². The summed E-state index contributed by atoms with van der Waals surface area (Å²) in [6, 6.07) is 0. The molecule has 0 aliphatic carbocycles. The van der Waals surface area contributed by atoms with Crippen LogP contribution in [0, 0.1) is 0 Å². The van der Waals surface area contributed by atoms with Gasteiger partial charge < -0.3 is 20.1 Å². The average molecular weight is 730 g/mol. The first-order valence-corrected chi connectivity index (χ1v) is 21.8. The number of amides is 1. The molecule has 0 fully saturated rings. The minimum atomic E-state index is -4.41. The monoisotopic (exact) mass is 730 g/mol. The van der Waals surface area contributed by atoms with E-state index in [0.717, 1.165) is 51.4 Å². The normalized spacial score (nSPS) is 13.6. The number of hydrogen-bond acceptors (Lipinski definition) is 7. The van der Waals surface area contributed by atoms with Crippen LogP contribution in [0.4, 0.5) is 0 Å². The number of aliphatic hydroxyl groups excluding tert-OH is 1. The number of phosphoric acid groups is 1. The Morgan fingerprint density at radius 1 is 0.600 bits per heavy atom. The van der Waals surface area contributed by atoms with Crippen LogP contribution in [0.3, 0.4) is 0 Å². The molecule has 0 rings (SSSR count). The number of hydrogen-bond donors (Lipinski definition) is 3. The summed E-state index contributed by atoms with van der Waals surface area (Å²) in [5.74, 6) is -0.529. The van der Waals surface area contributed by atoms with E-state index in [1.165, 1.54) is 109 Å². The van der Waals surface area contributed by atoms with Gasteiger partial charge in [-0.3, -0.25) is 18.6 Å². The lowest BCUT2D eigenvalue weighted by molar-refractivity contribution is -0.147. The molecule has 294 valence electrons. The molecule has 0 aliphatic rings. The van der Waals surface area contributed by atoms with Gasteiger partial charge in [0.15, 0.2) is 0 Å². The van der Waals surface area contributed by atoms with Crippen molar-refractivity contribution in [2.45, 2.75) is 193 Å². The maximum absolute atomic E-state index is 12.1. The van der Waals surface area contributed by atoms with Gasteiger partial charge in [0.2, 0.25) is 5.91 Å². The van der Waals surface area contributed by atoms with E-state index in [9.17, 15) is 24.2 Å². The van der Waals surface area contributed by atoms with E-state index in [2.05, 4.69) is 43.5 Å². The molecule has 0 aromatic heterocycles. The first-order chi connectivity index (χ1) is 24.3. The number of nitrogens with one attached hydrogen (secondary N) is 1. The molecule has 2 unspecified atom stereocenters. The summed E-state index contributed by atoms with van der Waals surface area (Å²) in [5, 5.41) is 12.7. The second-order valence-electron chi connectivity index (χ2n) is 13.6. The summed E-state index contributed by atoms with van der Waals surface area (Å²) in [4.78, 5) is 33.8.